The van der Waals surface area contributed by atoms with Gasteiger partial charge < -0.3 is 14.5 Å². The fraction of sp³-hybridized carbons (Fsp3) is 0.267. The van der Waals surface area contributed by atoms with Crippen LogP contribution in [0.25, 0.3) is 0 Å². The van der Waals surface area contributed by atoms with Crippen LogP contribution in [-0.4, -0.2) is 23.5 Å². The van der Waals surface area contributed by atoms with Crippen LogP contribution in [0.15, 0.2) is 41.3 Å². The predicted molar refractivity (Wildman–Crippen MR) is 75.9 cm³/mol. The Balaban J connectivity index is 1.85. The maximum absolute atomic E-state index is 11.8. The SMILES string of the molecule is CCOC(=O)c1ccc(NC(=O)CCc2cocn2)cc1. The first-order chi connectivity index (χ1) is 10.2. The highest BCUT2D eigenvalue weighted by Gasteiger charge is 2.08. The van der Waals surface area contributed by atoms with Crippen LogP contribution in [0.5, 0.6) is 0 Å². The Kier molecular flexibility index (Phi) is 5.09. The zero-order valence-corrected chi connectivity index (χ0v) is 11.7. The van der Waals surface area contributed by atoms with Crippen molar-refractivity contribution in [3.05, 3.63) is 48.2 Å². The number of nitrogens with zero attached hydrogens (tertiary/aromatic N) is 1. The Morgan fingerprint density at radius 1 is 1.29 bits per heavy atom. The summed E-state index contributed by atoms with van der Waals surface area (Å²) in [7, 11) is 0. The number of ether oxygens (including phenoxy) is 1. The van der Waals surface area contributed by atoms with Crippen molar-refractivity contribution in [1.29, 1.82) is 0 Å². The molecule has 2 rings (SSSR count). The molecule has 0 aliphatic rings. The van der Waals surface area contributed by atoms with Gasteiger partial charge in [0.1, 0.15) is 6.26 Å². The molecule has 21 heavy (non-hydrogen) atoms. The van der Waals surface area contributed by atoms with Crippen molar-refractivity contribution in [2.75, 3.05) is 11.9 Å². The van der Waals surface area contributed by atoms with Gasteiger partial charge in [-0.25, -0.2) is 9.78 Å². The summed E-state index contributed by atoms with van der Waals surface area (Å²) in [6.45, 7) is 2.08. The molecule has 1 amide bonds. The number of aromatic nitrogens is 1. The van der Waals surface area contributed by atoms with Gasteiger partial charge in [0.25, 0.3) is 0 Å². The Morgan fingerprint density at radius 2 is 2.05 bits per heavy atom. The molecule has 2 aromatic rings. The zero-order valence-electron chi connectivity index (χ0n) is 11.7. The normalized spacial score (nSPS) is 10.1. The summed E-state index contributed by atoms with van der Waals surface area (Å²) in [4.78, 5) is 27.2. The van der Waals surface area contributed by atoms with E-state index in [9.17, 15) is 9.59 Å². The molecule has 0 fully saturated rings. The lowest BCUT2D eigenvalue weighted by molar-refractivity contribution is -0.116. The number of rotatable bonds is 6. The first-order valence-electron chi connectivity index (χ1n) is 6.63. The third-order valence-corrected chi connectivity index (χ3v) is 2.77. The van der Waals surface area contributed by atoms with Crippen molar-refractivity contribution >= 4 is 17.6 Å². The number of esters is 1. The molecule has 0 saturated heterocycles. The molecular formula is C15H16N2O4. The molecule has 1 N–H and O–H groups in total. The molecule has 6 heteroatoms. The summed E-state index contributed by atoms with van der Waals surface area (Å²) >= 11 is 0. The molecule has 0 saturated carbocycles. The predicted octanol–water partition coefficient (Wildman–Crippen LogP) is 2.42. The van der Waals surface area contributed by atoms with Gasteiger partial charge in [-0.1, -0.05) is 0 Å². The van der Waals surface area contributed by atoms with Crippen LogP contribution in [0.1, 0.15) is 29.4 Å². The number of hydrogen-bond acceptors (Lipinski definition) is 5. The van der Waals surface area contributed by atoms with Crippen LogP contribution in [0.2, 0.25) is 0 Å². The molecule has 0 radical (unpaired) electrons. The van der Waals surface area contributed by atoms with E-state index in [1.165, 1.54) is 12.7 Å². The van der Waals surface area contributed by atoms with E-state index in [4.69, 9.17) is 9.15 Å². The number of amides is 1. The first kappa shape index (κ1) is 14.8. The number of anilines is 1. The first-order valence-corrected chi connectivity index (χ1v) is 6.63. The Bertz CT molecular complexity index is 591. The molecule has 0 bridgehead atoms. The minimum atomic E-state index is -0.374. The molecule has 1 aromatic heterocycles. The molecule has 0 atom stereocenters. The number of oxazole rings is 1. The second-order valence-corrected chi connectivity index (χ2v) is 4.33. The lowest BCUT2D eigenvalue weighted by Gasteiger charge is -2.06. The molecule has 0 aliphatic heterocycles. The fourth-order valence-electron chi connectivity index (χ4n) is 1.73. The van der Waals surface area contributed by atoms with E-state index in [0.29, 0.717) is 30.7 Å². The molecule has 0 aliphatic carbocycles. The lowest BCUT2D eigenvalue weighted by Crippen LogP contribution is -2.12. The number of aryl methyl sites for hydroxylation is 1. The van der Waals surface area contributed by atoms with E-state index in [1.54, 1.807) is 31.2 Å². The Morgan fingerprint density at radius 3 is 2.67 bits per heavy atom. The van der Waals surface area contributed by atoms with Gasteiger partial charge in [0.05, 0.1) is 17.9 Å². The zero-order chi connectivity index (χ0) is 15.1. The minimum Gasteiger partial charge on any atom is -0.462 e. The van der Waals surface area contributed by atoms with E-state index in [1.807, 2.05) is 0 Å². The average molecular weight is 288 g/mol. The maximum Gasteiger partial charge on any atom is 0.338 e. The van der Waals surface area contributed by atoms with Crippen molar-refractivity contribution in [2.45, 2.75) is 19.8 Å². The largest absolute Gasteiger partial charge is 0.462 e. The van der Waals surface area contributed by atoms with Crippen molar-refractivity contribution in [2.24, 2.45) is 0 Å². The van der Waals surface area contributed by atoms with Gasteiger partial charge in [-0.15, -0.1) is 0 Å². The highest BCUT2D eigenvalue weighted by atomic mass is 16.5. The van der Waals surface area contributed by atoms with Gasteiger partial charge in [0.15, 0.2) is 6.39 Å². The van der Waals surface area contributed by atoms with Crippen LogP contribution in [0, 0.1) is 0 Å². The monoisotopic (exact) mass is 288 g/mol. The van der Waals surface area contributed by atoms with Crippen LogP contribution in [0.3, 0.4) is 0 Å². The summed E-state index contributed by atoms with van der Waals surface area (Å²) < 4.78 is 9.72. The summed E-state index contributed by atoms with van der Waals surface area (Å²) in [6, 6.07) is 6.57. The number of hydrogen-bond donors (Lipinski definition) is 1. The van der Waals surface area contributed by atoms with Gasteiger partial charge in [-0.2, -0.15) is 0 Å². The summed E-state index contributed by atoms with van der Waals surface area (Å²) in [5.41, 5.74) is 1.83. The third kappa shape index (κ3) is 4.45. The van der Waals surface area contributed by atoms with Crippen LogP contribution >= 0.6 is 0 Å². The van der Waals surface area contributed by atoms with Crippen molar-refractivity contribution in [3.8, 4) is 0 Å². The number of carbonyl (C=O) groups excluding carboxylic acids is 2. The smallest absolute Gasteiger partial charge is 0.338 e. The summed E-state index contributed by atoms with van der Waals surface area (Å²) in [5, 5.41) is 2.75. The molecule has 0 spiro atoms. The van der Waals surface area contributed by atoms with Crippen molar-refractivity contribution in [3.63, 3.8) is 0 Å². The number of nitrogens with one attached hydrogen (secondary N) is 1. The van der Waals surface area contributed by atoms with Gasteiger partial charge in [0.2, 0.25) is 5.91 Å². The molecule has 6 nitrogen and oxygen atoms in total. The number of carbonyl (C=O) groups is 2. The van der Waals surface area contributed by atoms with Gasteiger partial charge in [-0.3, -0.25) is 4.79 Å². The average Bonchev–Trinajstić information content (AvgIpc) is 2.99. The second kappa shape index (κ2) is 7.23. The maximum atomic E-state index is 11.8. The minimum absolute atomic E-state index is 0.123. The van der Waals surface area contributed by atoms with Crippen LogP contribution < -0.4 is 5.32 Å². The number of benzene rings is 1. The topological polar surface area (TPSA) is 81.4 Å². The van der Waals surface area contributed by atoms with Gasteiger partial charge >= 0.3 is 5.97 Å². The Labute approximate surface area is 122 Å². The molecule has 0 unspecified atom stereocenters. The highest BCUT2D eigenvalue weighted by Crippen LogP contribution is 2.11. The van der Waals surface area contributed by atoms with Crippen LogP contribution in [-0.2, 0) is 16.0 Å². The van der Waals surface area contributed by atoms with Crippen molar-refractivity contribution < 1.29 is 18.7 Å². The standard InChI is InChI=1S/C15H16N2O4/c1-2-21-15(19)11-3-5-12(6-4-11)17-14(18)8-7-13-9-20-10-16-13/h3-6,9-10H,2,7-8H2,1H3,(H,17,18). The van der Waals surface area contributed by atoms with Crippen LogP contribution in [0.4, 0.5) is 5.69 Å². The quantitative estimate of drug-likeness (QED) is 0.825. The molecule has 1 heterocycles. The van der Waals surface area contributed by atoms with E-state index >= 15 is 0 Å². The van der Waals surface area contributed by atoms with Crippen molar-refractivity contribution in [1.82, 2.24) is 4.98 Å². The highest BCUT2D eigenvalue weighted by molar-refractivity contribution is 5.93. The van der Waals surface area contributed by atoms with E-state index in [0.717, 1.165) is 5.69 Å². The summed E-state index contributed by atoms with van der Waals surface area (Å²) in [5.74, 6) is -0.497. The van der Waals surface area contributed by atoms with E-state index in [-0.39, 0.29) is 11.9 Å². The fourth-order valence-corrected chi connectivity index (χ4v) is 1.73. The second-order valence-electron chi connectivity index (χ2n) is 4.33. The van der Waals surface area contributed by atoms with Gasteiger partial charge in [0, 0.05) is 18.5 Å². The summed E-state index contributed by atoms with van der Waals surface area (Å²) in [6.07, 6.45) is 3.68. The Hall–Kier alpha value is -2.63. The third-order valence-electron chi connectivity index (χ3n) is 2.77. The molecule has 110 valence electrons. The molecular weight excluding hydrogens is 272 g/mol. The van der Waals surface area contributed by atoms with Gasteiger partial charge in [-0.05, 0) is 31.2 Å². The van der Waals surface area contributed by atoms with E-state index in [2.05, 4.69) is 10.3 Å². The molecule has 1 aromatic carbocycles. The lowest BCUT2D eigenvalue weighted by atomic mass is 10.2. The van der Waals surface area contributed by atoms with E-state index < -0.39 is 0 Å².